The van der Waals surface area contributed by atoms with Crippen LogP contribution in [0.2, 0.25) is 0 Å². The molecule has 0 radical (unpaired) electrons. The second kappa shape index (κ2) is 7.39. The molecule has 0 saturated heterocycles. The first kappa shape index (κ1) is 15.0. The molecule has 1 N–H and O–H groups in total. The second-order valence-electron chi connectivity index (χ2n) is 4.56. The maximum absolute atomic E-state index is 5.85. The van der Waals surface area contributed by atoms with Crippen LogP contribution in [0.15, 0.2) is 27.1 Å². The zero-order chi connectivity index (χ0) is 12.8. The Kier molecular flexibility index (Phi) is 6.52. The zero-order valence-electron chi connectivity index (χ0n) is 10.5. The highest BCUT2D eigenvalue weighted by atomic mass is 79.9. The molecule has 1 aromatic rings. The van der Waals surface area contributed by atoms with E-state index in [0.717, 1.165) is 27.8 Å². The third-order valence-electron chi connectivity index (χ3n) is 2.21. The predicted octanol–water partition coefficient (Wildman–Crippen LogP) is 4.22. The van der Waals surface area contributed by atoms with Crippen molar-refractivity contribution in [3.63, 3.8) is 0 Å². The maximum atomic E-state index is 5.85. The Bertz CT molecular complexity index is 355. The SMILES string of the molecule is CC(C)CNCC(C)Oc1ccc(Br)cc1Br. The van der Waals surface area contributed by atoms with Crippen molar-refractivity contribution in [2.24, 2.45) is 5.92 Å². The molecule has 0 spiro atoms. The molecule has 17 heavy (non-hydrogen) atoms. The van der Waals surface area contributed by atoms with Crippen molar-refractivity contribution in [1.82, 2.24) is 5.32 Å². The van der Waals surface area contributed by atoms with Crippen LogP contribution in [-0.2, 0) is 0 Å². The highest BCUT2D eigenvalue weighted by Crippen LogP contribution is 2.28. The normalized spacial score (nSPS) is 12.8. The van der Waals surface area contributed by atoms with Crippen molar-refractivity contribution in [2.75, 3.05) is 13.1 Å². The summed E-state index contributed by atoms with van der Waals surface area (Å²) in [6.45, 7) is 8.35. The fourth-order valence-electron chi connectivity index (χ4n) is 1.40. The Balaban J connectivity index is 2.42. The third-order valence-corrected chi connectivity index (χ3v) is 3.32. The van der Waals surface area contributed by atoms with Crippen LogP contribution in [-0.4, -0.2) is 19.2 Å². The van der Waals surface area contributed by atoms with Crippen LogP contribution in [0.5, 0.6) is 5.75 Å². The molecule has 2 nitrogen and oxygen atoms in total. The molecule has 0 heterocycles. The van der Waals surface area contributed by atoms with E-state index in [-0.39, 0.29) is 6.10 Å². The zero-order valence-corrected chi connectivity index (χ0v) is 13.6. The molecule has 0 aromatic heterocycles. The third kappa shape index (κ3) is 5.89. The van der Waals surface area contributed by atoms with Gasteiger partial charge in [-0.05, 0) is 53.5 Å². The summed E-state index contributed by atoms with van der Waals surface area (Å²) in [5, 5.41) is 3.39. The number of hydrogen-bond acceptors (Lipinski definition) is 2. The van der Waals surface area contributed by atoms with E-state index in [4.69, 9.17) is 4.74 Å². The summed E-state index contributed by atoms with van der Waals surface area (Å²) >= 11 is 6.91. The Morgan fingerprint density at radius 2 is 1.88 bits per heavy atom. The molecular weight excluding hydrogens is 346 g/mol. The van der Waals surface area contributed by atoms with E-state index in [1.165, 1.54) is 0 Å². The number of nitrogens with one attached hydrogen (secondary N) is 1. The van der Waals surface area contributed by atoms with Crippen molar-refractivity contribution in [3.8, 4) is 5.75 Å². The fraction of sp³-hybridized carbons (Fsp3) is 0.538. The summed E-state index contributed by atoms with van der Waals surface area (Å²) < 4.78 is 7.87. The van der Waals surface area contributed by atoms with Gasteiger partial charge in [0.1, 0.15) is 11.9 Å². The number of halogens is 2. The van der Waals surface area contributed by atoms with Crippen molar-refractivity contribution in [1.29, 1.82) is 0 Å². The number of benzene rings is 1. The molecule has 0 aliphatic heterocycles. The fourth-order valence-corrected chi connectivity index (χ4v) is 2.54. The van der Waals surface area contributed by atoms with E-state index >= 15 is 0 Å². The highest BCUT2D eigenvalue weighted by Gasteiger charge is 2.07. The minimum atomic E-state index is 0.159. The first-order valence-electron chi connectivity index (χ1n) is 5.81. The van der Waals surface area contributed by atoms with E-state index in [1.807, 2.05) is 18.2 Å². The van der Waals surface area contributed by atoms with Gasteiger partial charge in [-0.1, -0.05) is 29.8 Å². The number of rotatable bonds is 6. The Labute approximate surface area is 120 Å². The average molecular weight is 365 g/mol. The lowest BCUT2D eigenvalue weighted by atomic mass is 10.2. The average Bonchev–Trinajstić information content (AvgIpc) is 2.21. The molecule has 0 saturated carbocycles. The van der Waals surface area contributed by atoms with Gasteiger partial charge < -0.3 is 10.1 Å². The standard InChI is InChI=1S/C13H19Br2NO/c1-9(2)7-16-8-10(3)17-13-5-4-11(14)6-12(13)15/h4-6,9-10,16H,7-8H2,1-3H3. The van der Waals surface area contributed by atoms with Crippen LogP contribution < -0.4 is 10.1 Å². The van der Waals surface area contributed by atoms with Gasteiger partial charge in [-0.2, -0.15) is 0 Å². The largest absolute Gasteiger partial charge is 0.488 e. The molecule has 1 unspecified atom stereocenters. The van der Waals surface area contributed by atoms with Crippen LogP contribution in [0.3, 0.4) is 0 Å². The predicted molar refractivity (Wildman–Crippen MR) is 79.6 cm³/mol. The Hall–Kier alpha value is -0.0600. The van der Waals surface area contributed by atoms with E-state index in [9.17, 15) is 0 Å². The van der Waals surface area contributed by atoms with Gasteiger partial charge in [-0.15, -0.1) is 0 Å². The molecule has 0 aliphatic carbocycles. The van der Waals surface area contributed by atoms with Crippen LogP contribution in [0, 0.1) is 5.92 Å². The van der Waals surface area contributed by atoms with Crippen LogP contribution in [0.4, 0.5) is 0 Å². The summed E-state index contributed by atoms with van der Waals surface area (Å²) in [6, 6.07) is 5.94. The Morgan fingerprint density at radius 3 is 2.47 bits per heavy atom. The lowest BCUT2D eigenvalue weighted by molar-refractivity contribution is 0.214. The monoisotopic (exact) mass is 363 g/mol. The molecule has 4 heteroatoms. The number of ether oxygens (including phenoxy) is 1. The summed E-state index contributed by atoms with van der Waals surface area (Å²) in [7, 11) is 0. The van der Waals surface area contributed by atoms with Gasteiger partial charge in [0, 0.05) is 11.0 Å². The molecule has 0 fully saturated rings. The lowest BCUT2D eigenvalue weighted by Gasteiger charge is -2.17. The quantitative estimate of drug-likeness (QED) is 0.815. The first-order chi connectivity index (χ1) is 7.99. The Morgan fingerprint density at radius 1 is 1.18 bits per heavy atom. The van der Waals surface area contributed by atoms with E-state index in [0.29, 0.717) is 5.92 Å². The summed E-state index contributed by atoms with van der Waals surface area (Å²) in [6.07, 6.45) is 0.159. The van der Waals surface area contributed by atoms with E-state index in [1.54, 1.807) is 0 Å². The van der Waals surface area contributed by atoms with E-state index in [2.05, 4.69) is 57.9 Å². The smallest absolute Gasteiger partial charge is 0.134 e. The minimum absolute atomic E-state index is 0.159. The summed E-state index contributed by atoms with van der Waals surface area (Å²) in [5.74, 6) is 1.55. The van der Waals surface area contributed by atoms with Crippen molar-refractivity contribution >= 4 is 31.9 Å². The molecule has 0 amide bonds. The molecule has 1 rings (SSSR count). The van der Waals surface area contributed by atoms with Gasteiger partial charge in [0.2, 0.25) is 0 Å². The van der Waals surface area contributed by atoms with Crippen LogP contribution >= 0.6 is 31.9 Å². The van der Waals surface area contributed by atoms with Crippen molar-refractivity contribution in [3.05, 3.63) is 27.1 Å². The first-order valence-corrected chi connectivity index (χ1v) is 7.40. The van der Waals surface area contributed by atoms with Gasteiger partial charge in [-0.25, -0.2) is 0 Å². The van der Waals surface area contributed by atoms with Gasteiger partial charge in [0.05, 0.1) is 4.47 Å². The van der Waals surface area contributed by atoms with Crippen LogP contribution in [0.1, 0.15) is 20.8 Å². The molecule has 96 valence electrons. The molecule has 1 atom stereocenters. The minimum Gasteiger partial charge on any atom is -0.488 e. The molecule has 0 aliphatic rings. The summed E-state index contributed by atoms with van der Waals surface area (Å²) in [5.41, 5.74) is 0. The van der Waals surface area contributed by atoms with Crippen molar-refractivity contribution < 1.29 is 4.74 Å². The van der Waals surface area contributed by atoms with Crippen LogP contribution in [0.25, 0.3) is 0 Å². The van der Waals surface area contributed by atoms with Gasteiger partial charge in [-0.3, -0.25) is 0 Å². The van der Waals surface area contributed by atoms with Gasteiger partial charge in [0.15, 0.2) is 0 Å². The van der Waals surface area contributed by atoms with Crippen molar-refractivity contribution in [2.45, 2.75) is 26.9 Å². The maximum Gasteiger partial charge on any atom is 0.134 e. The second-order valence-corrected chi connectivity index (χ2v) is 6.33. The molecule has 1 aromatic carbocycles. The highest BCUT2D eigenvalue weighted by molar-refractivity contribution is 9.11. The van der Waals surface area contributed by atoms with Gasteiger partial charge in [0.25, 0.3) is 0 Å². The molecule has 0 bridgehead atoms. The lowest BCUT2D eigenvalue weighted by Crippen LogP contribution is -2.31. The number of hydrogen-bond donors (Lipinski definition) is 1. The molecular formula is C13H19Br2NO. The summed E-state index contributed by atoms with van der Waals surface area (Å²) in [4.78, 5) is 0. The topological polar surface area (TPSA) is 21.3 Å². The van der Waals surface area contributed by atoms with Gasteiger partial charge >= 0.3 is 0 Å². The van der Waals surface area contributed by atoms with E-state index < -0.39 is 0 Å².